The smallest absolute Gasteiger partial charge is 0.338 e. The van der Waals surface area contributed by atoms with E-state index in [1.807, 2.05) is 42.8 Å². The molecule has 0 saturated carbocycles. The van der Waals surface area contributed by atoms with Crippen molar-refractivity contribution < 1.29 is 9.53 Å². The minimum absolute atomic E-state index is 0.0712. The average molecular weight is 331 g/mol. The normalized spacial score (nSPS) is 10.3. The van der Waals surface area contributed by atoms with Gasteiger partial charge in [0.2, 0.25) is 0 Å². The fourth-order valence-electron chi connectivity index (χ4n) is 2.61. The lowest BCUT2D eigenvalue weighted by Crippen LogP contribution is -2.07. The van der Waals surface area contributed by atoms with Crippen LogP contribution in [0.3, 0.4) is 0 Å². The Hall–Kier alpha value is -3.39. The van der Waals surface area contributed by atoms with Crippen molar-refractivity contribution in [1.29, 1.82) is 5.26 Å². The summed E-state index contributed by atoms with van der Waals surface area (Å²) in [6, 6.07) is 18.2. The van der Waals surface area contributed by atoms with Crippen LogP contribution in [0.2, 0.25) is 0 Å². The minimum Gasteiger partial charge on any atom is -0.457 e. The lowest BCUT2D eigenvalue weighted by molar-refractivity contribution is 0.0472. The Morgan fingerprint density at radius 1 is 1.16 bits per heavy atom. The predicted molar refractivity (Wildman–Crippen MR) is 93.3 cm³/mol. The van der Waals surface area contributed by atoms with Gasteiger partial charge < -0.3 is 4.74 Å². The number of rotatable bonds is 4. The highest BCUT2D eigenvalue weighted by molar-refractivity contribution is 5.89. The van der Waals surface area contributed by atoms with Crippen molar-refractivity contribution in [2.45, 2.75) is 20.5 Å². The molecule has 0 radical (unpaired) electrons. The average Bonchev–Trinajstić information content (AvgIpc) is 2.98. The second-order valence-electron chi connectivity index (χ2n) is 5.73. The van der Waals surface area contributed by atoms with Gasteiger partial charge in [0.05, 0.1) is 28.6 Å². The molecular formula is C20H17N3O2. The van der Waals surface area contributed by atoms with Crippen LogP contribution in [0.5, 0.6) is 0 Å². The number of benzene rings is 2. The van der Waals surface area contributed by atoms with Crippen LogP contribution in [0.25, 0.3) is 5.69 Å². The quantitative estimate of drug-likeness (QED) is 0.683. The Morgan fingerprint density at radius 2 is 1.88 bits per heavy atom. The van der Waals surface area contributed by atoms with Gasteiger partial charge in [0.1, 0.15) is 6.61 Å². The van der Waals surface area contributed by atoms with Gasteiger partial charge >= 0.3 is 5.97 Å². The van der Waals surface area contributed by atoms with E-state index in [9.17, 15) is 4.79 Å². The molecule has 1 aromatic heterocycles. The number of esters is 1. The SMILES string of the molecule is Cc1cc(C)n(-c2ccc(C(=O)OCc3ccccc3C#N)cc2)n1. The Balaban J connectivity index is 1.71. The van der Waals surface area contributed by atoms with Crippen molar-refractivity contribution in [2.24, 2.45) is 0 Å². The zero-order chi connectivity index (χ0) is 17.8. The van der Waals surface area contributed by atoms with Gasteiger partial charge in [-0.25, -0.2) is 9.48 Å². The third-order valence-corrected chi connectivity index (χ3v) is 3.85. The Bertz CT molecular complexity index is 950. The molecule has 3 rings (SSSR count). The molecule has 3 aromatic rings. The van der Waals surface area contributed by atoms with Crippen molar-refractivity contribution in [3.8, 4) is 11.8 Å². The largest absolute Gasteiger partial charge is 0.457 e. The second kappa shape index (κ2) is 7.02. The lowest BCUT2D eigenvalue weighted by atomic mass is 10.1. The monoisotopic (exact) mass is 331 g/mol. The maximum atomic E-state index is 12.2. The number of nitriles is 1. The molecule has 0 aliphatic carbocycles. The summed E-state index contributed by atoms with van der Waals surface area (Å²) in [4.78, 5) is 12.2. The predicted octanol–water partition coefficient (Wildman–Crippen LogP) is 3.72. The van der Waals surface area contributed by atoms with Crippen LogP contribution in [0.1, 0.15) is 32.9 Å². The number of aryl methyl sites for hydroxylation is 2. The van der Waals surface area contributed by atoms with E-state index in [2.05, 4.69) is 11.2 Å². The molecule has 124 valence electrons. The third-order valence-electron chi connectivity index (χ3n) is 3.85. The first kappa shape index (κ1) is 16.5. The van der Waals surface area contributed by atoms with Gasteiger partial charge in [-0.1, -0.05) is 18.2 Å². The summed E-state index contributed by atoms with van der Waals surface area (Å²) in [5.41, 5.74) is 4.52. The van der Waals surface area contributed by atoms with Crippen LogP contribution in [0, 0.1) is 25.2 Å². The van der Waals surface area contributed by atoms with E-state index in [1.54, 1.807) is 30.3 Å². The van der Waals surface area contributed by atoms with E-state index >= 15 is 0 Å². The molecule has 1 heterocycles. The molecule has 0 aliphatic heterocycles. The maximum Gasteiger partial charge on any atom is 0.338 e. The van der Waals surface area contributed by atoms with Crippen molar-refractivity contribution in [3.63, 3.8) is 0 Å². The molecule has 0 spiro atoms. The molecule has 0 fully saturated rings. The van der Waals surface area contributed by atoms with Crippen LogP contribution >= 0.6 is 0 Å². The van der Waals surface area contributed by atoms with Gasteiger partial charge in [-0.2, -0.15) is 10.4 Å². The highest BCUT2D eigenvalue weighted by Crippen LogP contribution is 2.15. The van der Waals surface area contributed by atoms with Crippen LogP contribution < -0.4 is 0 Å². The van der Waals surface area contributed by atoms with E-state index in [0.29, 0.717) is 16.7 Å². The van der Waals surface area contributed by atoms with Gasteiger partial charge in [0.25, 0.3) is 0 Å². The molecule has 0 unspecified atom stereocenters. The van der Waals surface area contributed by atoms with Crippen molar-refractivity contribution in [1.82, 2.24) is 9.78 Å². The van der Waals surface area contributed by atoms with Gasteiger partial charge in [-0.15, -0.1) is 0 Å². The van der Waals surface area contributed by atoms with Gasteiger partial charge in [0, 0.05) is 11.3 Å². The third kappa shape index (κ3) is 3.59. The summed E-state index contributed by atoms with van der Waals surface area (Å²) in [5.74, 6) is -0.423. The molecule has 0 amide bonds. The highest BCUT2D eigenvalue weighted by atomic mass is 16.5. The van der Waals surface area contributed by atoms with Gasteiger partial charge in [0.15, 0.2) is 0 Å². The first-order chi connectivity index (χ1) is 12.1. The maximum absolute atomic E-state index is 12.2. The fourth-order valence-corrected chi connectivity index (χ4v) is 2.61. The Labute approximate surface area is 146 Å². The van der Waals surface area contributed by atoms with E-state index < -0.39 is 5.97 Å². The number of hydrogen-bond acceptors (Lipinski definition) is 4. The fraction of sp³-hybridized carbons (Fsp3) is 0.150. The zero-order valence-electron chi connectivity index (χ0n) is 14.1. The molecule has 5 nitrogen and oxygen atoms in total. The Morgan fingerprint density at radius 3 is 2.52 bits per heavy atom. The summed E-state index contributed by atoms with van der Waals surface area (Å²) in [5, 5.41) is 13.5. The molecule has 0 saturated heterocycles. The number of carbonyl (C=O) groups excluding carboxylic acids is 1. The molecule has 25 heavy (non-hydrogen) atoms. The number of aromatic nitrogens is 2. The summed E-state index contributed by atoms with van der Waals surface area (Å²) < 4.78 is 7.14. The number of nitrogens with zero attached hydrogens (tertiary/aromatic N) is 3. The number of carbonyl (C=O) groups is 1. The van der Waals surface area contributed by atoms with Crippen LogP contribution in [0.4, 0.5) is 0 Å². The second-order valence-corrected chi connectivity index (χ2v) is 5.73. The highest BCUT2D eigenvalue weighted by Gasteiger charge is 2.10. The molecule has 5 heteroatoms. The summed E-state index contributed by atoms with van der Waals surface area (Å²) >= 11 is 0. The van der Waals surface area contributed by atoms with Crippen LogP contribution in [-0.2, 0) is 11.3 Å². The van der Waals surface area contributed by atoms with Crippen LogP contribution in [-0.4, -0.2) is 15.7 Å². The summed E-state index contributed by atoms with van der Waals surface area (Å²) in [6.45, 7) is 3.99. The van der Waals surface area contributed by atoms with Gasteiger partial charge in [-0.05, 0) is 50.2 Å². The molecule has 0 atom stereocenters. The summed E-state index contributed by atoms with van der Waals surface area (Å²) in [7, 11) is 0. The minimum atomic E-state index is -0.423. The first-order valence-corrected chi connectivity index (χ1v) is 7.87. The number of ether oxygens (including phenoxy) is 1. The zero-order valence-corrected chi connectivity index (χ0v) is 14.1. The topological polar surface area (TPSA) is 67.9 Å². The number of hydrogen-bond donors (Lipinski definition) is 0. The lowest BCUT2D eigenvalue weighted by Gasteiger charge is -2.08. The molecular weight excluding hydrogens is 314 g/mol. The van der Waals surface area contributed by atoms with Gasteiger partial charge in [-0.3, -0.25) is 0 Å². The molecule has 0 N–H and O–H groups in total. The first-order valence-electron chi connectivity index (χ1n) is 7.87. The van der Waals surface area contributed by atoms with Crippen molar-refractivity contribution in [2.75, 3.05) is 0 Å². The van der Waals surface area contributed by atoms with E-state index in [4.69, 9.17) is 10.00 Å². The molecule has 0 aliphatic rings. The molecule has 2 aromatic carbocycles. The summed E-state index contributed by atoms with van der Waals surface area (Å²) in [6.07, 6.45) is 0. The van der Waals surface area contributed by atoms with E-state index in [0.717, 1.165) is 17.1 Å². The van der Waals surface area contributed by atoms with Crippen molar-refractivity contribution in [3.05, 3.63) is 82.7 Å². The Kier molecular flexibility index (Phi) is 4.62. The van der Waals surface area contributed by atoms with Crippen LogP contribution in [0.15, 0.2) is 54.6 Å². The molecule has 0 bridgehead atoms. The van der Waals surface area contributed by atoms with E-state index in [-0.39, 0.29) is 6.61 Å². The standard InChI is InChI=1S/C20H17N3O2/c1-14-11-15(2)23(22-14)19-9-7-16(8-10-19)20(24)25-13-18-6-4-3-5-17(18)12-21/h3-11H,13H2,1-2H3. The van der Waals surface area contributed by atoms with E-state index in [1.165, 1.54) is 0 Å². The van der Waals surface area contributed by atoms with Crippen molar-refractivity contribution >= 4 is 5.97 Å².